The first kappa shape index (κ1) is 22.1. The average Bonchev–Trinajstić information content (AvgIpc) is 2.49. The van der Waals surface area contributed by atoms with Crippen LogP contribution in [0.2, 0.25) is 0 Å². The standard InChI is InChI=1S/C6H14O12P2.Na/c7-2-6(18-20(13,14)15)5(9)4(8)3(17-6)1-16-19(10,11)12;/h3-5,7-9H,1-2H2,(H2,10,11,12)(H2,13,14,15);/q;+1/p-1/t3-,4-,5+,6+;/m1./s1. The van der Waals surface area contributed by atoms with Gasteiger partial charge in [0, 0.05) is 0 Å². The Morgan fingerprint density at radius 2 is 1.76 bits per heavy atom. The van der Waals surface area contributed by atoms with Crippen LogP contribution in [0.4, 0.5) is 0 Å². The molecule has 120 valence electrons. The molecule has 1 aliphatic heterocycles. The van der Waals surface area contributed by atoms with Crippen LogP contribution in [0.25, 0.3) is 0 Å². The molecule has 0 bridgehead atoms. The Labute approximate surface area is 140 Å². The third kappa shape index (κ3) is 6.22. The van der Waals surface area contributed by atoms with Crippen LogP contribution in [0.15, 0.2) is 0 Å². The van der Waals surface area contributed by atoms with Gasteiger partial charge in [-0.05, 0) is 0 Å². The molecule has 15 heteroatoms. The molecule has 0 aromatic carbocycles. The van der Waals surface area contributed by atoms with Gasteiger partial charge >= 0.3 is 37.4 Å². The normalized spacial score (nSPS) is 36.0. The summed E-state index contributed by atoms with van der Waals surface area (Å²) in [5.74, 6) is -2.70. The smallest absolute Gasteiger partial charge is 0.756 e. The fraction of sp³-hybridized carbons (Fsp3) is 1.00. The van der Waals surface area contributed by atoms with Crippen molar-refractivity contribution in [2.24, 2.45) is 0 Å². The van der Waals surface area contributed by atoms with Gasteiger partial charge in [-0.1, -0.05) is 0 Å². The fourth-order valence-corrected chi connectivity index (χ4v) is 2.53. The largest absolute Gasteiger partial charge is 1.00 e. The number of hydrogen-bond acceptors (Lipinski definition) is 9. The van der Waals surface area contributed by atoms with Gasteiger partial charge in [-0.3, -0.25) is 13.6 Å². The first-order valence-electron chi connectivity index (χ1n) is 5.00. The number of aliphatic hydroxyl groups is 3. The van der Waals surface area contributed by atoms with Crippen LogP contribution in [0.5, 0.6) is 0 Å². The number of ether oxygens (including phenoxy) is 1. The predicted molar refractivity (Wildman–Crippen MR) is 55.6 cm³/mol. The van der Waals surface area contributed by atoms with Gasteiger partial charge in [0.2, 0.25) is 5.79 Å². The average molecular weight is 362 g/mol. The number of aliphatic hydroxyl groups excluding tert-OH is 3. The van der Waals surface area contributed by atoms with Gasteiger partial charge < -0.3 is 39.6 Å². The maximum absolute atomic E-state index is 10.6. The summed E-state index contributed by atoms with van der Waals surface area (Å²) in [6, 6.07) is 0. The monoisotopic (exact) mass is 362 g/mol. The summed E-state index contributed by atoms with van der Waals surface area (Å²) < 4.78 is 33.9. The van der Waals surface area contributed by atoms with Crippen molar-refractivity contribution in [3.8, 4) is 0 Å². The van der Waals surface area contributed by atoms with E-state index in [0.717, 1.165) is 0 Å². The zero-order valence-electron chi connectivity index (χ0n) is 10.7. The van der Waals surface area contributed by atoms with Gasteiger partial charge in [-0.15, -0.1) is 0 Å². The van der Waals surface area contributed by atoms with Crippen molar-refractivity contribution < 1.29 is 87.4 Å². The number of phosphoric acid groups is 2. The minimum Gasteiger partial charge on any atom is -0.756 e. The molecule has 1 rings (SSSR count). The summed E-state index contributed by atoms with van der Waals surface area (Å²) in [5, 5.41) is 28.2. The molecular formula is C6H13NaO12P2. The Kier molecular flexibility index (Phi) is 8.15. The SMILES string of the molecule is O=P([O-])(O)O[C@]1(CO)O[C@H](COP(=O)(O)O)[C@@H](O)[C@@H]1O.[Na+]. The second-order valence-electron chi connectivity index (χ2n) is 3.91. The molecule has 1 fully saturated rings. The van der Waals surface area contributed by atoms with E-state index < -0.39 is 53.0 Å². The minimum absolute atomic E-state index is 0. The zero-order chi connectivity index (χ0) is 15.8. The third-order valence-corrected chi connectivity index (χ3v) is 3.43. The molecule has 0 radical (unpaired) electrons. The van der Waals surface area contributed by atoms with E-state index in [2.05, 4.69) is 9.05 Å². The second-order valence-corrected chi connectivity index (χ2v) is 6.27. The maximum Gasteiger partial charge on any atom is 1.00 e. The van der Waals surface area contributed by atoms with Crippen molar-refractivity contribution in [3.05, 3.63) is 0 Å². The van der Waals surface area contributed by atoms with Crippen LogP contribution in [0, 0.1) is 0 Å². The van der Waals surface area contributed by atoms with E-state index >= 15 is 0 Å². The van der Waals surface area contributed by atoms with Gasteiger partial charge in [-0.2, -0.15) is 0 Å². The van der Waals surface area contributed by atoms with Crippen LogP contribution in [0.3, 0.4) is 0 Å². The van der Waals surface area contributed by atoms with Crippen molar-refractivity contribution >= 4 is 15.6 Å². The van der Waals surface area contributed by atoms with E-state index in [0.29, 0.717) is 0 Å². The molecule has 0 aliphatic carbocycles. The van der Waals surface area contributed by atoms with E-state index in [-0.39, 0.29) is 29.6 Å². The first-order chi connectivity index (χ1) is 8.90. The molecule has 0 aromatic rings. The number of phosphoric ester groups is 2. The van der Waals surface area contributed by atoms with E-state index in [1.165, 1.54) is 0 Å². The quantitative estimate of drug-likeness (QED) is 0.193. The molecule has 21 heavy (non-hydrogen) atoms. The Balaban J connectivity index is 0.00000400. The van der Waals surface area contributed by atoms with Gasteiger partial charge in [0.1, 0.15) is 24.9 Å². The molecule has 1 unspecified atom stereocenters. The molecule has 6 N–H and O–H groups in total. The van der Waals surface area contributed by atoms with E-state index in [1.54, 1.807) is 0 Å². The Morgan fingerprint density at radius 1 is 1.24 bits per heavy atom. The van der Waals surface area contributed by atoms with Crippen LogP contribution >= 0.6 is 15.6 Å². The van der Waals surface area contributed by atoms with Crippen LogP contribution in [-0.4, -0.2) is 67.3 Å². The van der Waals surface area contributed by atoms with Crippen molar-refractivity contribution in [2.45, 2.75) is 24.1 Å². The molecule has 5 atom stereocenters. The Morgan fingerprint density at radius 3 is 2.14 bits per heavy atom. The summed E-state index contributed by atoms with van der Waals surface area (Å²) in [5.41, 5.74) is 0. The topological polar surface area (TPSA) is 206 Å². The van der Waals surface area contributed by atoms with Gasteiger partial charge in [0.15, 0.2) is 0 Å². The fourth-order valence-electron chi connectivity index (χ4n) is 1.59. The summed E-state index contributed by atoms with van der Waals surface area (Å²) >= 11 is 0. The molecule has 1 aliphatic rings. The summed E-state index contributed by atoms with van der Waals surface area (Å²) in [6.07, 6.45) is -5.62. The molecular weight excluding hydrogens is 349 g/mol. The van der Waals surface area contributed by atoms with Gasteiger partial charge in [0.05, 0.1) is 6.61 Å². The summed E-state index contributed by atoms with van der Waals surface area (Å²) in [7, 11) is -10.3. The Hall–Kier alpha value is 1.06. The van der Waals surface area contributed by atoms with Gasteiger partial charge in [0.25, 0.3) is 7.82 Å². The molecule has 0 aromatic heterocycles. The molecule has 1 heterocycles. The summed E-state index contributed by atoms with van der Waals surface area (Å²) in [4.78, 5) is 36.2. The van der Waals surface area contributed by atoms with E-state index in [4.69, 9.17) is 24.5 Å². The minimum atomic E-state index is -5.44. The second kappa shape index (κ2) is 7.75. The van der Waals surface area contributed by atoms with Crippen molar-refractivity contribution in [3.63, 3.8) is 0 Å². The predicted octanol–water partition coefficient (Wildman–Crippen LogP) is -6.61. The number of hydrogen-bond donors (Lipinski definition) is 6. The van der Waals surface area contributed by atoms with Crippen molar-refractivity contribution in [2.75, 3.05) is 13.2 Å². The van der Waals surface area contributed by atoms with Crippen LogP contribution < -0.4 is 34.5 Å². The molecule has 0 saturated carbocycles. The maximum atomic E-state index is 10.6. The van der Waals surface area contributed by atoms with Crippen molar-refractivity contribution in [1.29, 1.82) is 0 Å². The molecule has 0 amide bonds. The van der Waals surface area contributed by atoms with Crippen LogP contribution in [-0.2, 0) is 22.9 Å². The van der Waals surface area contributed by atoms with Crippen LogP contribution in [0.1, 0.15) is 0 Å². The van der Waals surface area contributed by atoms with Gasteiger partial charge in [-0.25, -0.2) is 4.57 Å². The zero-order valence-corrected chi connectivity index (χ0v) is 14.5. The summed E-state index contributed by atoms with van der Waals surface area (Å²) in [6.45, 7) is -2.20. The molecule has 1 saturated heterocycles. The Bertz CT molecular complexity index is 433. The first-order valence-corrected chi connectivity index (χ1v) is 8.02. The molecule has 0 spiro atoms. The molecule has 12 nitrogen and oxygen atoms in total. The van der Waals surface area contributed by atoms with Crippen molar-refractivity contribution in [1.82, 2.24) is 0 Å². The third-order valence-electron chi connectivity index (χ3n) is 2.40. The van der Waals surface area contributed by atoms with E-state index in [9.17, 15) is 24.2 Å². The number of rotatable bonds is 6. The van der Waals surface area contributed by atoms with E-state index in [1.807, 2.05) is 0 Å².